The van der Waals surface area contributed by atoms with Crippen molar-refractivity contribution in [2.75, 3.05) is 0 Å². The maximum atomic E-state index is 2.48. The van der Waals surface area contributed by atoms with E-state index in [1.807, 2.05) is 0 Å². The zero-order valence-electron chi connectivity index (χ0n) is 12.0. The van der Waals surface area contributed by atoms with Crippen LogP contribution in [0.15, 0.2) is 36.5 Å². The smallest absolute Gasteiger partial charge is 0.0480 e. The SMILES string of the molecule is CCCCCC(Cn1ccc2ccccc21)C1CC1. The topological polar surface area (TPSA) is 4.93 Å². The zero-order chi connectivity index (χ0) is 13.1. The minimum Gasteiger partial charge on any atom is -0.347 e. The molecule has 1 nitrogen and oxygen atoms in total. The van der Waals surface area contributed by atoms with Crippen LogP contribution in [0.5, 0.6) is 0 Å². The van der Waals surface area contributed by atoms with E-state index in [4.69, 9.17) is 0 Å². The molecule has 3 rings (SSSR count). The Labute approximate surface area is 116 Å². The largest absolute Gasteiger partial charge is 0.347 e. The Bertz CT molecular complexity index is 521. The van der Waals surface area contributed by atoms with Crippen LogP contribution in [-0.2, 0) is 6.54 Å². The van der Waals surface area contributed by atoms with Gasteiger partial charge in [0, 0.05) is 18.3 Å². The van der Waals surface area contributed by atoms with Crippen molar-refractivity contribution in [2.45, 2.75) is 52.0 Å². The van der Waals surface area contributed by atoms with Gasteiger partial charge >= 0.3 is 0 Å². The average Bonchev–Trinajstić information content (AvgIpc) is 3.21. The quantitative estimate of drug-likeness (QED) is 0.596. The third-order valence-electron chi connectivity index (χ3n) is 4.58. The first-order valence-electron chi connectivity index (χ1n) is 7.92. The Kier molecular flexibility index (Phi) is 3.91. The van der Waals surface area contributed by atoms with Crippen molar-refractivity contribution in [3.8, 4) is 0 Å². The minimum atomic E-state index is 0.905. The molecule has 1 aromatic carbocycles. The molecule has 1 aromatic heterocycles. The van der Waals surface area contributed by atoms with Crippen molar-refractivity contribution in [3.05, 3.63) is 36.5 Å². The molecule has 1 saturated carbocycles. The van der Waals surface area contributed by atoms with Crippen LogP contribution in [-0.4, -0.2) is 4.57 Å². The molecule has 0 saturated heterocycles. The standard InChI is InChI=1S/C18H25N/c1-2-3-4-8-17(15-10-11-15)14-19-13-12-16-7-5-6-9-18(16)19/h5-7,9,12-13,15,17H,2-4,8,10-11,14H2,1H3. The van der Waals surface area contributed by atoms with E-state index in [1.165, 1.54) is 56.0 Å². The molecule has 0 aliphatic heterocycles. The van der Waals surface area contributed by atoms with Crippen LogP contribution in [0.25, 0.3) is 10.9 Å². The number of hydrogen-bond donors (Lipinski definition) is 0. The van der Waals surface area contributed by atoms with Gasteiger partial charge < -0.3 is 4.57 Å². The van der Waals surface area contributed by atoms with E-state index in [-0.39, 0.29) is 0 Å². The van der Waals surface area contributed by atoms with Crippen LogP contribution < -0.4 is 0 Å². The van der Waals surface area contributed by atoms with E-state index < -0.39 is 0 Å². The summed E-state index contributed by atoms with van der Waals surface area (Å²) in [6.07, 6.45) is 10.8. The number of benzene rings is 1. The Morgan fingerprint density at radius 3 is 2.79 bits per heavy atom. The Balaban J connectivity index is 1.70. The second-order valence-electron chi connectivity index (χ2n) is 6.12. The predicted molar refractivity (Wildman–Crippen MR) is 82.3 cm³/mol. The van der Waals surface area contributed by atoms with Gasteiger partial charge in [0.05, 0.1) is 0 Å². The van der Waals surface area contributed by atoms with E-state index in [2.05, 4.69) is 48.0 Å². The fourth-order valence-corrected chi connectivity index (χ4v) is 3.25. The van der Waals surface area contributed by atoms with E-state index in [9.17, 15) is 0 Å². The van der Waals surface area contributed by atoms with Crippen LogP contribution >= 0.6 is 0 Å². The number of hydrogen-bond acceptors (Lipinski definition) is 0. The number of fused-ring (bicyclic) bond motifs is 1. The highest BCUT2D eigenvalue weighted by molar-refractivity contribution is 5.79. The summed E-state index contributed by atoms with van der Waals surface area (Å²) in [5, 5.41) is 1.38. The molecule has 0 N–H and O–H groups in total. The number of unbranched alkanes of at least 4 members (excludes halogenated alkanes) is 2. The molecule has 1 heterocycles. The van der Waals surface area contributed by atoms with Crippen molar-refractivity contribution in [3.63, 3.8) is 0 Å². The molecule has 1 aliphatic carbocycles. The highest BCUT2D eigenvalue weighted by Gasteiger charge is 2.30. The molecule has 0 spiro atoms. The van der Waals surface area contributed by atoms with Gasteiger partial charge in [-0.3, -0.25) is 0 Å². The normalized spacial score (nSPS) is 16.9. The average molecular weight is 255 g/mol. The molecule has 1 aliphatic rings. The van der Waals surface area contributed by atoms with Gasteiger partial charge in [-0.2, -0.15) is 0 Å². The number of aromatic nitrogens is 1. The van der Waals surface area contributed by atoms with Crippen molar-refractivity contribution < 1.29 is 0 Å². The fourth-order valence-electron chi connectivity index (χ4n) is 3.25. The summed E-state index contributed by atoms with van der Waals surface area (Å²) < 4.78 is 2.48. The maximum Gasteiger partial charge on any atom is 0.0480 e. The predicted octanol–water partition coefficient (Wildman–Crippen LogP) is 5.25. The molecular weight excluding hydrogens is 230 g/mol. The lowest BCUT2D eigenvalue weighted by molar-refractivity contribution is 0.360. The van der Waals surface area contributed by atoms with Crippen molar-refractivity contribution in [1.82, 2.24) is 4.57 Å². The van der Waals surface area contributed by atoms with Crippen LogP contribution in [0.4, 0.5) is 0 Å². The molecule has 0 radical (unpaired) electrons. The highest BCUT2D eigenvalue weighted by Crippen LogP contribution is 2.40. The van der Waals surface area contributed by atoms with Gasteiger partial charge in [-0.1, -0.05) is 44.4 Å². The molecule has 1 heteroatoms. The van der Waals surface area contributed by atoms with Crippen LogP contribution in [0.1, 0.15) is 45.4 Å². The summed E-state index contributed by atoms with van der Waals surface area (Å²) in [6, 6.07) is 11.0. The lowest BCUT2D eigenvalue weighted by Gasteiger charge is -2.18. The van der Waals surface area contributed by atoms with E-state index in [0.717, 1.165) is 11.8 Å². The number of para-hydroxylation sites is 1. The summed E-state index contributed by atoms with van der Waals surface area (Å²) in [5.41, 5.74) is 1.41. The maximum absolute atomic E-state index is 2.48. The highest BCUT2D eigenvalue weighted by atomic mass is 15.0. The number of nitrogens with zero attached hydrogens (tertiary/aromatic N) is 1. The Morgan fingerprint density at radius 1 is 1.16 bits per heavy atom. The van der Waals surface area contributed by atoms with Crippen LogP contribution in [0.2, 0.25) is 0 Å². The first-order chi connectivity index (χ1) is 9.38. The van der Waals surface area contributed by atoms with Gasteiger partial charge in [-0.05, 0) is 48.6 Å². The molecule has 1 atom stereocenters. The van der Waals surface area contributed by atoms with Crippen LogP contribution in [0.3, 0.4) is 0 Å². The van der Waals surface area contributed by atoms with E-state index >= 15 is 0 Å². The number of rotatable bonds is 7. The molecule has 102 valence electrons. The first-order valence-corrected chi connectivity index (χ1v) is 7.92. The third-order valence-corrected chi connectivity index (χ3v) is 4.58. The van der Waals surface area contributed by atoms with Crippen LogP contribution in [0, 0.1) is 11.8 Å². The second-order valence-corrected chi connectivity index (χ2v) is 6.12. The molecular formula is C18H25N. The summed E-state index contributed by atoms with van der Waals surface area (Å²) in [6.45, 7) is 3.52. The Hall–Kier alpha value is -1.24. The minimum absolute atomic E-state index is 0.905. The van der Waals surface area contributed by atoms with Crippen molar-refractivity contribution in [1.29, 1.82) is 0 Å². The Morgan fingerprint density at radius 2 is 2.00 bits per heavy atom. The molecule has 2 aromatic rings. The summed E-state index contributed by atoms with van der Waals surface area (Å²) in [7, 11) is 0. The first kappa shape index (κ1) is 12.8. The van der Waals surface area contributed by atoms with Gasteiger partial charge in [0.25, 0.3) is 0 Å². The second kappa shape index (κ2) is 5.81. The molecule has 0 amide bonds. The monoisotopic (exact) mass is 255 g/mol. The molecule has 1 fully saturated rings. The summed E-state index contributed by atoms with van der Waals surface area (Å²) in [5.74, 6) is 1.92. The summed E-state index contributed by atoms with van der Waals surface area (Å²) in [4.78, 5) is 0. The molecule has 1 unspecified atom stereocenters. The van der Waals surface area contributed by atoms with Gasteiger partial charge in [0.1, 0.15) is 0 Å². The van der Waals surface area contributed by atoms with E-state index in [1.54, 1.807) is 0 Å². The van der Waals surface area contributed by atoms with Gasteiger partial charge in [0.2, 0.25) is 0 Å². The molecule has 0 bridgehead atoms. The lowest BCUT2D eigenvalue weighted by atomic mass is 9.96. The summed E-state index contributed by atoms with van der Waals surface area (Å²) >= 11 is 0. The van der Waals surface area contributed by atoms with Crippen molar-refractivity contribution in [2.24, 2.45) is 11.8 Å². The van der Waals surface area contributed by atoms with E-state index in [0.29, 0.717) is 0 Å². The zero-order valence-corrected chi connectivity index (χ0v) is 12.0. The van der Waals surface area contributed by atoms with Gasteiger partial charge in [0.15, 0.2) is 0 Å². The molecule has 19 heavy (non-hydrogen) atoms. The van der Waals surface area contributed by atoms with Crippen molar-refractivity contribution >= 4 is 10.9 Å². The van der Waals surface area contributed by atoms with Gasteiger partial charge in [-0.15, -0.1) is 0 Å². The van der Waals surface area contributed by atoms with Gasteiger partial charge in [-0.25, -0.2) is 0 Å². The third kappa shape index (κ3) is 3.02. The lowest BCUT2D eigenvalue weighted by Crippen LogP contribution is -2.12. The fraction of sp³-hybridized carbons (Fsp3) is 0.556.